The summed E-state index contributed by atoms with van der Waals surface area (Å²) >= 11 is 1.83. The van der Waals surface area contributed by atoms with Crippen LogP contribution in [0.5, 0.6) is 0 Å². The van der Waals surface area contributed by atoms with Crippen molar-refractivity contribution in [3.05, 3.63) is 39.7 Å². The lowest BCUT2D eigenvalue weighted by Crippen LogP contribution is -2.08. The second-order valence-electron chi connectivity index (χ2n) is 4.21. The molecule has 2 heterocycles. The Morgan fingerprint density at radius 1 is 1.35 bits per heavy atom. The van der Waals surface area contributed by atoms with Gasteiger partial charge in [0.2, 0.25) is 0 Å². The third-order valence-electron chi connectivity index (χ3n) is 2.70. The molecule has 0 spiro atoms. The zero-order valence-corrected chi connectivity index (χ0v) is 11.1. The van der Waals surface area contributed by atoms with E-state index in [9.17, 15) is 0 Å². The average Bonchev–Trinajstić information content (AvgIpc) is 2.61. The number of pyridine rings is 1. The van der Waals surface area contributed by atoms with Gasteiger partial charge in [-0.3, -0.25) is 0 Å². The van der Waals surface area contributed by atoms with Gasteiger partial charge in [0.05, 0.1) is 17.9 Å². The molecule has 4 heteroatoms. The molecule has 2 aromatic heterocycles. The van der Waals surface area contributed by atoms with Crippen molar-refractivity contribution in [3.8, 4) is 0 Å². The quantitative estimate of drug-likeness (QED) is 0.872. The van der Waals surface area contributed by atoms with E-state index >= 15 is 0 Å². The van der Waals surface area contributed by atoms with E-state index in [1.807, 2.05) is 23.5 Å². The summed E-state index contributed by atoms with van der Waals surface area (Å²) in [6.07, 6.45) is 1.67. The molecule has 90 valence electrons. The third-order valence-corrected chi connectivity index (χ3v) is 3.68. The fourth-order valence-electron chi connectivity index (χ4n) is 1.87. The average molecular weight is 247 g/mol. The molecule has 0 saturated carbocycles. The van der Waals surface area contributed by atoms with Crippen molar-refractivity contribution in [1.29, 1.82) is 0 Å². The molecule has 2 rings (SSSR count). The number of aromatic nitrogens is 1. The molecule has 0 aliphatic heterocycles. The van der Waals surface area contributed by atoms with Crippen LogP contribution in [-0.2, 0) is 0 Å². The first-order valence-corrected chi connectivity index (χ1v) is 6.43. The van der Waals surface area contributed by atoms with E-state index in [0.717, 1.165) is 5.82 Å². The highest BCUT2D eigenvalue weighted by molar-refractivity contribution is 7.12. The van der Waals surface area contributed by atoms with Crippen molar-refractivity contribution in [2.45, 2.75) is 26.8 Å². The van der Waals surface area contributed by atoms with Gasteiger partial charge in [-0.15, -0.1) is 11.3 Å². The summed E-state index contributed by atoms with van der Waals surface area (Å²) in [7, 11) is 0. The van der Waals surface area contributed by atoms with E-state index in [4.69, 9.17) is 5.73 Å². The van der Waals surface area contributed by atoms with E-state index in [2.05, 4.69) is 37.1 Å². The standard InChI is InChI=1S/C13H17N3S/c1-8-6-12(10(3)17-8)9(2)16-13-5-4-11(14)7-15-13/h4-7,9H,14H2,1-3H3,(H,15,16). The lowest BCUT2D eigenvalue weighted by atomic mass is 10.1. The molecule has 3 N–H and O–H groups in total. The number of hydrogen-bond donors (Lipinski definition) is 2. The van der Waals surface area contributed by atoms with Gasteiger partial charge < -0.3 is 11.1 Å². The minimum Gasteiger partial charge on any atom is -0.397 e. The summed E-state index contributed by atoms with van der Waals surface area (Å²) in [4.78, 5) is 6.95. The molecule has 1 atom stereocenters. The highest BCUT2D eigenvalue weighted by Crippen LogP contribution is 2.28. The Bertz CT molecular complexity index is 502. The molecular weight excluding hydrogens is 230 g/mol. The monoisotopic (exact) mass is 247 g/mol. The minimum absolute atomic E-state index is 0.260. The van der Waals surface area contributed by atoms with E-state index < -0.39 is 0 Å². The SMILES string of the molecule is Cc1cc(C(C)Nc2ccc(N)cn2)c(C)s1. The Hall–Kier alpha value is -1.55. The minimum atomic E-state index is 0.260. The Morgan fingerprint density at radius 3 is 2.65 bits per heavy atom. The second kappa shape index (κ2) is 4.75. The van der Waals surface area contributed by atoms with Crippen molar-refractivity contribution in [3.63, 3.8) is 0 Å². The number of nitrogens with one attached hydrogen (secondary N) is 1. The predicted molar refractivity (Wildman–Crippen MR) is 74.5 cm³/mol. The third kappa shape index (κ3) is 2.77. The predicted octanol–water partition coefficient (Wildman–Crippen LogP) is 3.52. The van der Waals surface area contributed by atoms with Crippen molar-refractivity contribution < 1.29 is 0 Å². The molecular formula is C13H17N3S. The maximum atomic E-state index is 5.61. The van der Waals surface area contributed by atoms with Crippen molar-refractivity contribution >= 4 is 22.8 Å². The van der Waals surface area contributed by atoms with Crippen LogP contribution in [0.2, 0.25) is 0 Å². The molecule has 3 nitrogen and oxygen atoms in total. The number of rotatable bonds is 3. The number of hydrogen-bond acceptors (Lipinski definition) is 4. The normalized spacial score (nSPS) is 12.4. The van der Waals surface area contributed by atoms with Crippen molar-refractivity contribution in [1.82, 2.24) is 4.98 Å². The van der Waals surface area contributed by atoms with Gasteiger partial charge in [-0.05, 0) is 44.5 Å². The maximum absolute atomic E-state index is 5.61. The summed E-state index contributed by atoms with van der Waals surface area (Å²) in [6.45, 7) is 6.43. The van der Waals surface area contributed by atoms with Gasteiger partial charge in [0.15, 0.2) is 0 Å². The highest BCUT2D eigenvalue weighted by Gasteiger charge is 2.11. The topological polar surface area (TPSA) is 50.9 Å². The van der Waals surface area contributed by atoms with Crippen LogP contribution in [-0.4, -0.2) is 4.98 Å². The van der Waals surface area contributed by atoms with Crippen LogP contribution in [0.15, 0.2) is 24.4 Å². The molecule has 2 aromatic rings. The molecule has 0 aliphatic rings. The zero-order valence-electron chi connectivity index (χ0n) is 10.3. The number of nitrogens with two attached hydrogens (primary N) is 1. The Kier molecular flexibility index (Phi) is 3.33. The van der Waals surface area contributed by atoms with Gasteiger partial charge in [0.25, 0.3) is 0 Å². The van der Waals surface area contributed by atoms with E-state index in [0.29, 0.717) is 5.69 Å². The van der Waals surface area contributed by atoms with Crippen LogP contribution in [0.4, 0.5) is 11.5 Å². The first-order chi connectivity index (χ1) is 8.06. The zero-order chi connectivity index (χ0) is 12.4. The summed E-state index contributed by atoms with van der Waals surface area (Å²) in [5.41, 5.74) is 7.63. The number of aryl methyl sites for hydroxylation is 2. The summed E-state index contributed by atoms with van der Waals surface area (Å²) in [5, 5.41) is 3.38. The van der Waals surface area contributed by atoms with Gasteiger partial charge in [-0.25, -0.2) is 4.98 Å². The van der Waals surface area contributed by atoms with Crippen LogP contribution in [0, 0.1) is 13.8 Å². The maximum Gasteiger partial charge on any atom is 0.126 e. The number of thiophene rings is 1. The highest BCUT2D eigenvalue weighted by atomic mass is 32.1. The lowest BCUT2D eigenvalue weighted by molar-refractivity contribution is 0.872. The Labute approximate surface area is 106 Å². The largest absolute Gasteiger partial charge is 0.397 e. The molecule has 0 aliphatic carbocycles. The van der Waals surface area contributed by atoms with Crippen LogP contribution >= 0.6 is 11.3 Å². The van der Waals surface area contributed by atoms with E-state index in [-0.39, 0.29) is 6.04 Å². The molecule has 0 bridgehead atoms. The first kappa shape index (κ1) is 11.9. The number of nitrogens with zero attached hydrogens (tertiary/aromatic N) is 1. The molecule has 0 fully saturated rings. The summed E-state index contributed by atoms with van der Waals surface area (Å²) < 4.78 is 0. The Balaban J connectivity index is 2.14. The van der Waals surface area contributed by atoms with Crippen LogP contribution in [0.25, 0.3) is 0 Å². The molecule has 17 heavy (non-hydrogen) atoms. The Morgan fingerprint density at radius 2 is 2.12 bits per heavy atom. The second-order valence-corrected chi connectivity index (χ2v) is 5.67. The van der Waals surface area contributed by atoms with Gasteiger partial charge >= 0.3 is 0 Å². The molecule has 1 unspecified atom stereocenters. The number of nitrogen functional groups attached to an aromatic ring is 1. The fraction of sp³-hybridized carbons (Fsp3) is 0.308. The van der Waals surface area contributed by atoms with E-state index in [1.54, 1.807) is 6.20 Å². The van der Waals surface area contributed by atoms with Crippen LogP contribution < -0.4 is 11.1 Å². The fourth-order valence-corrected chi connectivity index (χ4v) is 2.89. The molecule has 0 radical (unpaired) electrons. The molecule has 0 amide bonds. The smallest absolute Gasteiger partial charge is 0.126 e. The van der Waals surface area contributed by atoms with Crippen LogP contribution in [0.3, 0.4) is 0 Å². The van der Waals surface area contributed by atoms with Gasteiger partial charge in [0.1, 0.15) is 5.82 Å². The number of anilines is 2. The molecule has 0 saturated heterocycles. The van der Waals surface area contributed by atoms with Crippen molar-refractivity contribution in [2.24, 2.45) is 0 Å². The lowest BCUT2D eigenvalue weighted by Gasteiger charge is -2.14. The van der Waals surface area contributed by atoms with Crippen LogP contribution in [0.1, 0.15) is 28.3 Å². The van der Waals surface area contributed by atoms with Gasteiger partial charge in [0, 0.05) is 9.75 Å². The van der Waals surface area contributed by atoms with Crippen molar-refractivity contribution in [2.75, 3.05) is 11.1 Å². The molecule has 0 aromatic carbocycles. The van der Waals surface area contributed by atoms with Gasteiger partial charge in [-0.2, -0.15) is 0 Å². The summed E-state index contributed by atoms with van der Waals surface area (Å²) in [6, 6.07) is 6.25. The van der Waals surface area contributed by atoms with E-state index in [1.165, 1.54) is 15.3 Å². The first-order valence-electron chi connectivity index (χ1n) is 5.61. The van der Waals surface area contributed by atoms with Gasteiger partial charge in [-0.1, -0.05) is 0 Å². The summed E-state index contributed by atoms with van der Waals surface area (Å²) in [5.74, 6) is 0.856.